The fourth-order valence-corrected chi connectivity index (χ4v) is 2.29. The second kappa shape index (κ2) is 10.2. The van der Waals surface area contributed by atoms with E-state index in [4.69, 9.17) is 4.74 Å². The summed E-state index contributed by atoms with van der Waals surface area (Å²) < 4.78 is 32.6. The topological polar surface area (TPSA) is 34.0 Å². The second-order valence-electron chi connectivity index (χ2n) is 5.75. The molecule has 0 aromatic heterocycles. The summed E-state index contributed by atoms with van der Waals surface area (Å²) in [6.45, 7) is 5.63. The van der Waals surface area contributed by atoms with E-state index in [1.165, 1.54) is 30.7 Å². The summed E-state index contributed by atoms with van der Waals surface area (Å²) in [5.41, 5.74) is 2.46. The van der Waals surface area contributed by atoms with Gasteiger partial charge in [0.2, 0.25) is 0 Å². The van der Waals surface area contributed by atoms with Gasteiger partial charge in [-0.05, 0) is 36.1 Å². The quantitative estimate of drug-likeness (QED) is 0.340. The molecule has 0 aliphatic carbocycles. The highest BCUT2D eigenvalue weighted by molar-refractivity contribution is 5.82. The molecule has 0 radical (unpaired) electrons. The molecule has 2 aromatic carbocycles. The highest BCUT2D eigenvalue weighted by Gasteiger charge is 2.11. The van der Waals surface area contributed by atoms with Crippen molar-refractivity contribution in [3.63, 3.8) is 0 Å². The minimum Gasteiger partial charge on any atom is -0.483 e. The predicted octanol–water partition coefficient (Wildman–Crippen LogP) is 5.33. The first-order chi connectivity index (χ1) is 12.6. The van der Waals surface area contributed by atoms with Crippen molar-refractivity contribution in [2.45, 2.75) is 26.2 Å². The number of unbranched alkanes of at least 4 members (excludes halogenated alkanes) is 1. The summed E-state index contributed by atoms with van der Waals surface area (Å²) in [5, 5.41) is 7.75. The first kappa shape index (κ1) is 19.5. The zero-order valence-corrected chi connectivity index (χ0v) is 14.8. The molecular formula is C21H22F2N2O. The molecule has 0 aliphatic heterocycles. The number of hydrogen-bond acceptors (Lipinski definition) is 3. The summed E-state index contributed by atoms with van der Waals surface area (Å²) in [6, 6.07) is 10.3. The van der Waals surface area contributed by atoms with Crippen LogP contribution in [0.1, 0.15) is 36.5 Å². The van der Waals surface area contributed by atoms with Gasteiger partial charge < -0.3 is 4.74 Å². The van der Waals surface area contributed by atoms with E-state index >= 15 is 0 Å². The summed E-state index contributed by atoms with van der Waals surface area (Å²) in [7, 11) is 0. The van der Waals surface area contributed by atoms with Crippen LogP contribution in [0.25, 0.3) is 0 Å². The average Bonchev–Trinajstić information content (AvgIpc) is 2.64. The van der Waals surface area contributed by atoms with E-state index in [0.717, 1.165) is 24.1 Å². The van der Waals surface area contributed by atoms with Crippen LogP contribution in [0.4, 0.5) is 8.78 Å². The molecule has 2 rings (SSSR count). The summed E-state index contributed by atoms with van der Waals surface area (Å²) in [4.78, 5) is 0. The van der Waals surface area contributed by atoms with Gasteiger partial charge in [-0.25, -0.2) is 8.78 Å². The van der Waals surface area contributed by atoms with Crippen molar-refractivity contribution in [2.75, 3.05) is 6.61 Å². The largest absolute Gasteiger partial charge is 0.483 e. The van der Waals surface area contributed by atoms with E-state index in [0.29, 0.717) is 0 Å². The van der Waals surface area contributed by atoms with Crippen LogP contribution < -0.4 is 4.74 Å². The Bertz CT molecular complexity index is 760. The molecule has 0 fully saturated rings. The predicted molar refractivity (Wildman–Crippen MR) is 102 cm³/mol. The molecule has 5 heteroatoms. The second-order valence-corrected chi connectivity index (χ2v) is 5.75. The van der Waals surface area contributed by atoms with E-state index in [1.54, 1.807) is 6.21 Å². The standard InChI is InChI=1S/C21H22F2N2O/c1-3-5-6-16-7-9-17(10-8-16)14-24-25-15-18-12-19(22)21(20(23)13-18)26-11-4-2/h4,7-10,12-15H,2-3,5-6,11H2,1H3/b24-14+,25-15+. The van der Waals surface area contributed by atoms with Gasteiger partial charge in [-0.3, -0.25) is 0 Å². The maximum atomic E-state index is 13.8. The van der Waals surface area contributed by atoms with Gasteiger partial charge in [0, 0.05) is 5.56 Å². The van der Waals surface area contributed by atoms with E-state index in [-0.39, 0.29) is 12.2 Å². The van der Waals surface area contributed by atoms with Crippen LogP contribution in [0.2, 0.25) is 0 Å². The summed E-state index contributed by atoms with van der Waals surface area (Å²) >= 11 is 0. The monoisotopic (exact) mass is 356 g/mol. The average molecular weight is 356 g/mol. The van der Waals surface area contributed by atoms with Crippen molar-refractivity contribution in [3.8, 4) is 5.75 Å². The third-order valence-electron chi connectivity index (χ3n) is 3.65. The zero-order chi connectivity index (χ0) is 18.8. The highest BCUT2D eigenvalue weighted by atomic mass is 19.1. The van der Waals surface area contributed by atoms with Crippen molar-refractivity contribution in [3.05, 3.63) is 77.4 Å². The smallest absolute Gasteiger partial charge is 0.191 e. The maximum absolute atomic E-state index is 13.8. The number of halogens is 2. The fraction of sp³-hybridized carbons (Fsp3) is 0.238. The van der Waals surface area contributed by atoms with Crippen molar-refractivity contribution in [1.29, 1.82) is 0 Å². The minimum atomic E-state index is -0.792. The van der Waals surface area contributed by atoms with Gasteiger partial charge in [-0.1, -0.05) is 50.3 Å². The zero-order valence-electron chi connectivity index (χ0n) is 14.8. The number of nitrogens with zero attached hydrogens (tertiary/aromatic N) is 2. The Hall–Kier alpha value is -2.82. The van der Waals surface area contributed by atoms with E-state index in [9.17, 15) is 8.78 Å². The molecule has 3 nitrogen and oxygen atoms in total. The molecular weight excluding hydrogens is 334 g/mol. The van der Waals surface area contributed by atoms with Gasteiger partial charge in [0.05, 0.1) is 12.4 Å². The van der Waals surface area contributed by atoms with Crippen molar-refractivity contribution in [1.82, 2.24) is 0 Å². The lowest BCUT2D eigenvalue weighted by molar-refractivity contribution is 0.321. The molecule has 0 saturated carbocycles. The normalized spacial score (nSPS) is 11.3. The lowest BCUT2D eigenvalue weighted by Crippen LogP contribution is -2.00. The summed E-state index contributed by atoms with van der Waals surface area (Å²) in [5.74, 6) is -2.01. The van der Waals surface area contributed by atoms with Crippen LogP contribution in [-0.4, -0.2) is 19.0 Å². The number of rotatable bonds is 9. The first-order valence-electron chi connectivity index (χ1n) is 8.52. The molecule has 136 valence electrons. The van der Waals surface area contributed by atoms with Gasteiger partial charge in [0.25, 0.3) is 0 Å². The summed E-state index contributed by atoms with van der Waals surface area (Å²) in [6.07, 6.45) is 7.70. The molecule has 0 amide bonds. The number of hydrogen-bond donors (Lipinski definition) is 0. The Balaban J connectivity index is 1.99. The van der Waals surface area contributed by atoms with Gasteiger partial charge in [-0.15, -0.1) is 0 Å². The molecule has 0 bridgehead atoms. The Morgan fingerprint density at radius 3 is 2.19 bits per heavy atom. The van der Waals surface area contributed by atoms with Crippen LogP contribution in [0.5, 0.6) is 5.75 Å². The number of ether oxygens (including phenoxy) is 1. The van der Waals surface area contributed by atoms with Gasteiger partial charge >= 0.3 is 0 Å². The van der Waals surface area contributed by atoms with E-state index < -0.39 is 17.4 Å². The Morgan fingerprint density at radius 1 is 1.00 bits per heavy atom. The van der Waals surface area contributed by atoms with Crippen LogP contribution in [0, 0.1) is 11.6 Å². The van der Waals surface area contributed by atoms with Gasteiger partial charge in [-0.2, -0.15) is 10.2 Å². The maximum Gasteiger partial charge on any atom is 0.191 e. The molecule has 2 aromatic rings. The first-order valence-corrected chi connectivity index (χ1v) is 8.52. The van der Waals surface area contributed by atoms with Crippen LogP contribution >= 0.6 is 0 Å². The molecule has 0 atom stereocenters. The van der Waals surface area contributed by atoms with Crippen molar-refractivity contribution < 1.29 is 13.5 Å². The Labute approximate surface area is 152 Å². The molecule has 0 saturated heterocycles. The third-order valence-corrected chi connectivity index (χ3v) is 3.65. The molecule has 0 heterocycles. The SMILES string of the molecule is C=CCOc1c(F)cc(/C=N/N=C/c2ccc(CCCC)cc2)cc1F. The third kappa shape index (κ3) is 5.92. The number of benzene rings is 2. The molecule has 0 N–H and O–H groups in total. The Morgan fingerprint density at radius 2 is 1.62 bits per heavy atom. The van der Waals surface area contributed by atoms with E-state index in [1.807, 2.05) is 12.1 Å². The molecule has 0 unspecified atom stereocenters. The molecule has 0 aliphatic rings. The van der Waals surface area contributed by atoms with Gasteiger partial charge in [0.15, 0.2) is 17.4 Å². The number of aryl methyl sites for hydroxylation is 1. The van der Waals surface area contributed by atoms with Crippen LogP contribution in [0.15, 0.2) is 59.3 Å². The molecule has 26 heavy (non-hydrogen) atoms. The Kier molecular flexibility index (Phi) is 7.68. The molecule has 0 spiro atoms. The lowest BCUT2D eigenvalue weighted by atomic mass is 10.1. The van der Waals surface area contributed by atoms with Crippen molar-refractivity contribution in [2.24, 2.45) is 10.2 Å². The van der Waals surface area contributed by atoms with E-state index in [2.05, 4.69) is 35.8 Å². The lowest BCUT2D eigenvalue weighted by Gasteiger charge is -2.06. The van der Waals surface area contributed by atoms with Crippen LogP contribution in [-0.2, 0) is 6.42 Å². The minimum absolute atomic E-state index is 0.0306. The fourth-order valence-electron chi connectivity index (χ4n) is 2.29. The van der Waals surface area contributed by atoms with Crippen molar-refractivity contribution >= 4 is 12.4 Å². The highest BCUT2D eigenvalue weighted by Crippen LogP contribution is 2.22. The van der Waals surface area contributed by atoms with Crippen LogP contribution in [0.3, 0.4) is 0 Å². The van der Waals surface area contributed by atoms with Gasteiger partial charge in [0.1, 0.15) is 6.61 Å².